The fourth-order valence-electron chi connectivity index (χ4n) is 1.31. The number of aliphatic hydroxyl groups is 1. The molecule has 0 aliphatic heterocycles. The van der Waals surface area contributed by atoms with Crippen LogP contribution in [0.3, 0.4) is 0 Å². The van der Waals surface area contributed by atoms with E-state index in [0.29, 0.717) is 0 Å². The van der Waals surface area contributed by atoms with E-state index in [1.807, 2.05) is 24.3 Å². The predicted octanol–water partition coefficient (Wildman–Crippen LogP) is 1.75. The Balaban J connectivity index is 2.55. The molecule has 0 saturated carbocycles. The molecular weight excluding hydrogens is 204 g/mol. The monoisotopic (exact) mass is 222 g/mol. The van der Waals surface area contributed by atoms with Crippen LogP contribution in [-0.2, 0) is 6.42 Å². The maximum Gasteiger partial charge on any atom is 0.319 e. The Kier molecular flexibility index (Phi) is 4.79. The number of amides is 2. The van der Waals surface area contributed by atoms with Crippen LogP contribution in [0.15, 0.2) is 24.3 Å². The van der Waals surface area contributed by atoms with Gasteiger partial charge < -0.3 is 15.7 Å². The zero-order valence-corrected chi connectivity index (χ0v) is 9.66. The van der Waals surface area contributed by atoms with E-state index in [9.17, 15) is 4.79 Å². The van der Waals surface area contributed by atoms with Gasteiger partial charge in [-0.25, -0.2) is 4.79 Å². The Morgan fingerprint density at radius 2 is 2.25 bits per heavy atom. The number of carbonyl (C=O) groups is 1. The number of rotatable bonds is 4. The molecule has 3 N–H and O–H groups in total. The van der Waals surface area contributed by atoms with Gasteiger partial charge >= 0.3 is 6.03 Å². The number of aliphatic hydroxyl groups excluding tert-OH is 1. The largest absolute Gasteiger partial charge is 0.394 e. The first-order valence-corrected chi connectivity index (χ1v) is 5.43. The molecule has 0 aromatic heterocycles. The van der Waals surface area contributed by atoms with Gasteiger partial charge in [0, 0.05) is 5.69 Å². The van der Waals surface area contributed by atoms with Gasteiger partial charge in [-0.2, -0.15) is 0 Å². The molecule has 0 aliphatic carbocycles. The lowest BCUT2D eigenvalue weighted by Crippen LogP contribution is -2.38. The number of aryl methyl sites for hydroxylation is 1. The summed E-state index contributed by atoms with van der Waals surface area (Å²) in [4.78, 5) is 11.4. The highest BCUT2D eigenvalue weighted by atomic mass is 16.3. The van der Waals surface area contributed by atoms with Gasteiger partial charge in [0.05, 0.1) is 12.6 Å². The van der Waals surface area contributed by atoms with Crippen molar-refractivity contribution in [2.24, 2.45) is 0 Å². The van der Waals surface area contributed by atoms with E-state index in [1.165, 1.54) is 5.56 Å². The van der Waals surface area contributed by atoms with Crippen molar-refractivity contribution in [3.8, 4) is 0 Å². The third-order valence-corrected chi connectivity index (χ3v) is 2.24. The highest BCUT2D eigenvalue weighted by Gasteiger charge is 2.05. The molecule has 0 unspecified atom stereocenters. The van der Waals surface area contributed by atoms with Gasteiger partial charge in [-0.15, -0.1) is 0 Å². The first-order chi connectivity index (χ1) is 7.65. The van der Waals surface area contributed by atoms with Crippen molar-refractivity contribution < 1.29 is 9.90 Å². The van der Waals surface area contributed by atoms with Crippen molar-refractivity contribution in [2.75, 3.05) is 11.9 Å². The van der Waals surface area contributed by atoms with Crippen LogP contribution < -0.4 is 10.6 Å². The Morgan fingerprint density at radius 1 is 1.50 bits per heavy atom. The summed E-state index contributed by atoms with van der Waals surface area (Å²) in [6.07, 6.45) is 0.935. The average molecular weight is 222 g/mol. The Labute approximate surface area is 95.7 Å². The molecule has 0 saturated heterocycles. The van der Waals surface area contributed by atoms with Gasteiger partial charge in [-0.05, 0) is 31.0 Å². The summed E-state index contributed by atoms with van der Waals surface area (Å²) in [6, 6.07) is 7.15. The lowest BCUT2D eigenvalue weighted by molar-refractivity contribution is 0.229. The maximum absolute atomic E-state index is 11.4. The summed E-state index contributed by atoms with van der Waals surface area (Å²) < 4.78 is 0. The number of benzene rings is 1. The number of hydrogen-bond donors (Lipinski definition) is 3. The fraction of sp³-hybridized carbons (Fsp3) is 0.417. The molecule has 4 nitrogen and oxygen atoms in total. The van der Waals surface area contributed by atoms with Crippen LogP contribution in [0.5, 0.6) is 0 Å². The van der Waals surface area contributed by atoms with E-state index in [0.717, 1.165) is 12.1 Å². The summed E-state index contributed by atoms with van der Waals surface area (Å²) in [7, 11) is 0. The molecule has 0 radical (unpaired) electrons. The second-order valence-corrected chi connectivity index (χ2v) is 3.74. The van der Waals surface area contributed by atoms with Crippen molar-refractivity contribution in [3.05, 3.63) is 29.8 Å². The molecule has 2 amide bonds. The van der Waals surface area contributed by atoms with Gasteiger partial charge in [-0.1, -0.05) is 19.1 Å². The minimum atomic E-state index is -0.296. The van der Waals surface area contributed by atoms with E-state index < -0.39 is 0 Å². The highest BCUT2D eigenvalue weighted by molar-refractivity contribution is 5.89. The van der Waals surface area contributed by atoms with Crippen LogP contribution >= 0.6 is 0 Å². The molecule has 4 heteroatoms. The number of anilines is 1. The molecule has 0 spiro atoms. The predicted molar refractivity (Wildman–Crippen MR) is 64.5 cm³/mol. The molecule has 0 fully saturated rings. The second-order valence-electron chi connectivity index (χ2n) is 3.74. The molecule has 1 aromatic rings. The van der Waals surface area contributed by atoms with Crippen LogP contribution in [-0.4, -0.2) is 23.8 Å². The van der Waals surface area contributed by atoms with E-state index >= 15 is 0 Å². The van der Waals surface area contributed by atoms with Crippen molar-refractivity contribution in [3.63, 3.8) is 0 Å². The fourth-order valence-corrected chi connectivity index (χ4v) is 1.31. The zero-order chi connectivity index (χ0) is 12.0. The van der Waals surface area contributed by atoms with Crippen molar-refractivity contribution in [1.29, 1.82) is 0 Å². The summed E-state index contributed by atoms with van der Waals surface area (Å²) >= 11 is 0. The first-order valence-electron chi connectivity index (χ1n) is 5.43. The summed E-state index contributed by atoms with van der Waals surface area (Å²) in [6.45, 7) is 3.73. The summed E-state index contributed by atoms with van der Waals surface area (Å²) in [5.74, 6) is 0. The average Bonchev–Trinajstić information content (AvgIpc) is 2.28. The number of hydrogen-bond acceptors (Lipinski definition) is 2. The Hall–Kier alpha value is -1.55. The van der Waals surface area contributed by atoms with Crippen LogP contribution in [0, 0.1) is 0 Å². The number of carbonyl (C=O) groups excluding carboxylic acids is 1. The summed E-state index contributed by atoms with van der Waals surface area (Å²) in [5.41, 5.74) is 1.94. The lowest BCUT2D eigenvalue weighted by atomic mass is 10.1. The normalized spacial score (nSPS) is 11.9. The number of nitrogens with one attached hydrogen (secondary N) is 2. The van der Waals surface area contributed by atoms with Gasteiger partial charge in [0.2, 0.25) is 0 Å². The van der Waals surface area contributed by atoms with E-state index in [2.05, 4.69) is 17.6 Å². The minimum Gasteiger partial charge on any atom is -0.394 e. The van der Waals surface area contributed by atoms with E-state index in [4.69, 9.17) is 5.11 Å². The molecule has 1 aromatic carbocycles. The van der Waals surface area contributed by atoms with Gasteiger partial charge in [0.15, 0.2) is 0 Å². The minimum absolute atomic E-state index is 0.0670. The van der Waals surface area contributed by atoms with Gasteiger partial charge in [0.25, 0.3) is 0 Å². The Bertz CT molecular complexity index is 353. The van der Waals surface area contributed by atoms with Crippen molar-refractivity contribution in [1.82, 2.24) is 5.32 Å². The van der Waals surface area contributed by atoms with Crippen LogP contribution in [0.2, 0.25) is 0 Å². The molecule has 0 bridgehead atoms. The van der Waals surface area contributed by atoms with Crippen LogP contribution in [0.1, 0.15) is 19.4 Å². The lowest BCUT2D eigenvalue weighted by Gasteiger charge is -2.12. The van der Waals surface area contributed by atoms with Crippen molar-refractivity contribution in [2.45, 2.75) is 26.3 Å². The third kappa shape index (κ3) is 3.90. The summed E-state index contributed by atoms with van der Waals surface area (Å²) in [5, 5.41) is 14.1. The molecular formula is C12H18N2O2. The SMILES string of the molecule is CCc1cccc(NC(=O)N[C@@H](C)CO)c1. The smallest absolute Gasteiger partial charge is 0.319 e. The quantitative estimate of drug-likeness (QED) is 0.726. The molecule has 0 aliphatic rings. The first kappa shape index (κ1) is 12.5. The maximum atomic E-state index is 11.4. The molecule has 16 heavy (non-hydrogen) atoms. The van der Waals surface area contributed by atoms with Crippen LogP contribution in [0.4, 0.5) is 10.5 Å². The molecule has 0 heterocycles. The Morgan fingerprint density at radius 3 is 2.88 bits per heavy atom. The number of urea groups is 1. The van der Waals surface area contributed by atoms with Crippen molar-refractivity contribution >= 4 is 11.7 Å². The molecule has 1 rings (SSSR count). The van der Waals surface area contributed by atoms with E-state index in [-0.39, 0.29) is 18.7 Å². The van der Waals surface area contributed by atoms with E-state index in [1.54, 1.807) is 6.92 Å². The van der Waals surface area contributed by atoms with Gasteiger partial charge in [-0.3, -0.25) is 0 Å². The standard InChI is InChI=1S/C12H18N2O2/c1-3-10-5-4-6-11(7-10)14-12(16)13-9(2)8-15/h4-7,9,15H,3,8H2,1-2H3,(H2,13,14,16)/t9-/m0/s1. The molecule has 1 atom stereocenters. The van der Waals surface area contributed by atoms with Crippen LogP contribution in [0.25, 0.3) is 0 Å². The second kappa shape index (κ2) is 6.12. The van der Waals surface area contributed by atoms with Gasteiger partial charge in [0.1, 0.15) is 0 Å². The topological polar surface area (TPSA) is 61.4 Å². The third-order valence-electron chi connectivity index (χ3n) is 2.24. The molecule has 88 valence electrons. The highest BCUT2D eigenvalue weighted by Crippen LogP contribution is 2.10. The zero-order valence-electron chi connectivity index (χ0n) is 9.66.